The molecule has 1 atom stereocenters. The van der Waals surface area contributed by atoms with E-state index in [-0.39, 0.29) is 22.3 Å². The van der Waals surface area contributed by atoms with Crippen LogP contribution in [-0.2, 0) is 9.84 Å². The third-order valence-electron chi connectivity index (χ3n) is 2.72. The second-order valence-corrected chi connectivity index (χ2v) is 5.75. The Bertz CT molecular complexity index is 481. The van der Waals surface area contributed by atoms with Gasteiger partial charge in [-0.2, -0.15) is 0 Å². The first-order chi connectivity index (χ1) is 7.06. The Morgan fingerprint density at radius 3 is 2.87 bits per heavy atom. The molecule has 1 heterocycles. The number of sulfone groups is 1. The van der Waals surface area contributed by atoms with Crippen LogP contribution in [0.2, 0.25) is 0 Å². The van der Waals surface area contributed by atoms with Crippen LogP contribution in [0.5, 0.6) is 5.75 Å². The maximum Gasteiger partial charge on any atom is 0.179 e. The molecule has 1 unspecified atom stereocenters. The fourth-order valence-electron chi connectivity index (χ4n) is 2.08. The standard InChI is InChI=1S/C10H13NO3S/c11-5-4-7-6-15(13,14)9-3-1-2-8(12)10(7)9/h1-3,7,12H,4-6,11H2. The SMILES string of the molecule is NCCC1CS(=O)(=O)c2cccc(O)c21. The Morgan fingerprint density at radius 1 is 1.47 bits per heavy atom. The van der Waals surface area contributed by atoms with Gasteiger partial charge in [0.25, 0.3) is 0 Å². The summed E-state index contributed by atoms with van der Waals surface area (Å²) in [5, 5.41) is 9.66. The van der Waals surface area contributed by atoms with Gasteiger partial charge in [-0.15, -0.1) is 0 Å². The molecular formula is C10H13NO3S. The molecule has 0 amide bonds. The number of hydrogen-bond donors (Lipinski definition) is 2. The van der Waals surface area contributed by atoms with Gasteiger partial charge in [-0.25, -0.2) is 8.42 Å². The van der Waals surface area contributed by atoms with Gasteiger partial charge in [0.05, 0.1) is 10.6 Å². The molecule has 0 fully saturated rings. The lowest BCUT2D eigenvalue weighted by atomic mass is 9.97. The molecule has 0 saturated carbocycles. The molecular weight excluding hydrogens is 214 g/mol. The smallest absolute Gasteiger partial charge is 0.179 e. The van der Waals surface area contributed by atoms with Crippen molar-refractivity contribution in [3.63, 3.8) is 0 Å². The molecule has 1 aliphatic heterocycles. The zero-order chi connectivity index (χ0) is 11.1. The Morgan fingerprint density at radius 2 is 2.20 bits per heavy atom. The molecule has 1 aliphatic rings. The quantitative estimate of drug-likeness (QED) is 0.775. The lowest BCUT2D eigenvalue weighted by Gasteiger charge is -2.09. The number of phenolic OH excluding ortho intramolecular Hbond substituents is 1. The van der Waals surface area contributed by atoms with Gasteiger partial charge in [0.15, 0.2) is 9.84 Å². The van der Waals surface area contributed by atoms with Crippen molar-refractivity contribution >= 4 is 9.84 Å². The normalized spacial score (nSPS) is 22.6. The molecule has 3 N–H and O–H groups in total. The van der Waals surface area contributed by atoms with Crippen LogP contribution in [0.3, 0.4) is 0 Å². The Hall–Kier alpha value is -1.07. The second-order valence-electron chi connectivity index (χ2n) is 3.74. The highest BCUT2D eigenvalue weighted by molar-refractivity contribution is 7.91. The molecule has 0 saturated heterocycles. The van der Waals surface area contributed by atoms with Crippen molar-refractivity contribution in [2.24, 2.45) is 5.73 Å². The van der Waals surface area contributed by atoms with Crippen molar-refractivity contribution in [3.8, 4) is 5.75 Å². The van der Waals surface area contributed by atoms with Gasteiger partial charge >= 0.3 is 0 Å². The van der Waals surface area contributed by atoms with E-state index in [2.05, 4.69) is 0 Å². The van der Waals surface area contributed by atoms with Gasteiger partial charge in [0.2, 0.25) is 0 Å². The summed E-state index contributed by atoms with van der Waals surface area (Å²) < 4.78 is 23.5. The number of phenols is 1. The summed E-state index contributed by atoms with van der Waals surface area (Å²) in [6, 6.07) is 4.61. The average molecular weight is 227 g/mol. The van der Waals surface area contributed by atoms with Gasteiger partial charge in [0.1, 0.15) is 5.75 Å². The van der Waals surface area contributed by atoms with E-state index in [1.807, 2.05) is 0 Å². The first-order valence-electron chi connectivity index (χ1n) is 4.81. The summed E-state index contributed by atoms with van der Waals surface area (Å²) in [5.74, 6) is -0.0277. The lowest BCUT2D eigenvalue weighted by molar-refractivity contribution is 0.460. The molecule has 0 radical (unpaired) electrons. The van der Waals surface area contributed by atoms with Crippen molar-refractivity contribution in [1.82, 2.24) is 0 Å². The van der Waals surface area contributed by atoms with Gasteiger partial charge in [-0.05, 0) is 25.1 Å². The van der Waals surface area contributed by atoms with E-state index >= 15 is 0 Å². The highest BCUT2D eigenvalue weighted by Gasteiger charge is 2.35. The summed E-state index contributed by atoms with van der Waals surface area (Å²) in [6.07, 6.45) is 0.587. The third kappa shape index (κ3) is 1.61. The molecule has 0 bridgehead atoms. The van der Waals surface area contributed by atoms with Crippen molar-refractivity contribution in [3.05, 3.63) is 23.8 Å². The number of aromatic hydroxyl groups is 1. The van der Waals surface area contributed by atoms with Crippen LogP contribution in [0, 0.1) is 0 Å². The van der Waals surface area contributed by atoms with Crippen LogP contribution >= 0.6 is 0 Å². The molecule has 4 nitrogen and oxygen atoms in total. The van der Waals surface area contributed by atoms with Crippen molar-refractivity contribution in [2.45, 2.75) is 17.2 Å². The van der Waals surface area contributed by atoms with Crippen molar-refractivity contribution < 1.29 is 13.5 Å². The topological polar surface area (TPSA) is 80.4 Å². The second kappa shape index (κ2) is 3.50. The van der Waals surface area contributed by atoms with E-state index in [0.29, 0.717) is 18.5 Å². The molecule has 1 aromatic rings. The molecule has 5 heteroatoms. The van der Waals surface area contributed by atoms with Crippen LogP contribution in [0.4, 0.5) is 0 Å². The zero-order valence-corrected chi connectivity index (χ0v) is 9.00. The first-order valence-corrected chi connectivity index (χ1v) is 6.46. The summed E-state index contributed by atoms with van der Waals surface area (Å²) in [7, 11) is -3.22. The largest absolute Gasteiger partial charge is 0.508 e. The number of hydrogen-bond acceptors (Lipinski definition) is 4. The highest BCUT2D eigenvalue weighted by Crippen LogP contribution is 2.41. The first kappa shape index (κ1) is 10.4. The molecule has 2 rings (SSSR count). The monoisotopic (exact) mass is 227 g/mol. The third-order valence-corrected chi connectivity index (χ3v) is 4.59. The van der Waals surface area contributed by atoms with E-state index in [4.69, 9.17) is 5.73 Å². The predicted molar refractivity (Wildman–Crippen MR) is 56.6 cm³/mol. The zero-order valence-electron chi connectivity index (χ0n) is 8.18. The highest BCUT2D eigenvalue weighted by atomic mass is 32.2. The molecule has 1 aromatic carbocycles. The minimum Gasteiger partial charge on any atom is -0.508 e. The number of benzene rings is 1. The maximum atomic E-state index is 11.7. The summed E-state index contributed by atoms with van der Waals surface area (Å²) in [6.45, 7) is 0.425. The van der Waals surface area contributed by atoms with Gasteiger partial charge < -0.3 is 10.8 Å². The minimum atomic E-state index is -3.22. The molecule has 82 valence electrons. The van der Waals surface area contributed by atoms with Gasteiger partial charge in [-0.1, -0.05) is 6.07 Å². The van der Waals surface area contributed by atoms with Crippen LogP contribution in [0.25, 0.3) is 0 Å². The average Bonchev–Trinajstić information content (AvgIpc) is 2.41. The molecule has 0 aliphatic carbocycles. The van der Waals surface area contributed by atoms with Gasteiger partial charge in [0, 0.05) is 11.5 Å². The Labute approximate surface area is 88.6 Å². The fraction of sp³-hybridized carbons (Fsp3) is 0.400. The van der Waals surface area contributed by atoms with Gasteiger partial charge in [-0.3, -0.25) is 0 Å². The maximum absolute atomic E-state index is 11.7. The Balaban J connectivity index is 2.59. The van der Waals surface area contributed by atoms with E-state index in [1.165, 1.54) is 6.07 Å². The van der Waals surface area contributed by atoms with Crippen molar-refractivity contribution in [2.75, 3.05) is 12.3 Å². The molecule has 0 spiro atoms. The molecule has 0 aromatic heterocycles. The summed E-state index contributed by atoms with van der Waals surface area (Å²) in [4.78, 5) is 0.265. The van der Waals surface area contributed by atoms with E-state index in [0.717, 1.165) is 0 Å². The number of rotatable bonds is 2. The van der Waals surface area contributed by atoms with Crippen LogP contribution < -0.4 is 5.73 Å². The Kier molecular flexibility index (Phi) is 2.44. The van der Waals surface area contributed by atoms with E-state index < -0.39 is 9.84 Å². The van der Waals surface area contributed by atoms with Crippen LogP contribution in [0.15, 0.2) is 23.1 Å². The van der Waals surface area contributed by atoms with Crippen LogP contribution in [-0.4, -0.2) is 25.8 Å². The predicted octanol–water partition coefficient (Wildman–Crippen LogP) is 0.612. The minimum absolute atomic E-state index is 0.0621. The number of nitrogens with two attached hydrogens (primary N) is 1. The summed E-state index contributed by atoms with van der Waals surface area (Å²) in [5.41, 5.74) is 5.97. The summed E-state index contributed by atoms with van der Waals surface area (Å²) >= 11 is 0. The lowest BCUT2D eigenvalue weighted by Crippen LogP contribution is -2.09. The van der Waals surface area contributed by atoms with E-state index in [1.54, 1.807) is 12.1 Å². The van der Waals surface area contributed by atoms with E-state index in [9.17, 15) is 13.5 Å². The molecule has 15 heavy (non-hydrogen) atoms. The number of fused-ring (bicyclic) bond motifs is 1. The van der Waals surface area contributed by atoms with Crippen LogP contribution in [0.1, 0.15) is 17.9 Å². The fourth-order valence-corrected chi connectivity index (χ4v) is 4.02. The van der Waals surface area contributed by atoms with Crippen molar-refractivity contribution in [1.29, 1.82) is 0 Å².